The fraction of sp³-hybridized carbons (Fsp3) is 1.00. The van der Waals surface area contributed by atoms with Crippen LogP contribution < -0.4 is 0 Å². The van der Waals surface area contributed by atoms with Crippen LogP contribution in [0.2, 0.25) is 0 Å². The standard InChI is InChI=1S/C19H34F6O2/c1-12(2)17(20,21)26-16(10,11)14(6,7)18(22,23)19(24,25)27-15(8,9)13(3,4)5/h12H,1-11H3. The Bertz CT molecular complexity index is 517. The summed E-state index contributed by atoms with van der Waals surface area (Å²) in [7, 11) is 0. The van der Waals surface area contributed by atoms with Crippen LogP contribution in [-0.2, 0) is 9.47 Å². The third-order valence-corrected chi connectivity index (χ3v) is 5.91. The molecule has 0 bridgehead atoms. The van der Waals surface area contributed by atoms with E-state index >= 15 is 0 Å². The predicted octanol–water partition coefficient (Wildman–Crippen LogP) is 7.13. The van der Waals surface area contributed by atoms with Crippen molar-refractivity contribution < 1.29 is 35.8 Å². The Morgan fingerprint density at radius 1 is 0.593 bits per heavy atom. The van der Waals surface area contributed by atoms with E-state index in [2.05, 4.69) is 9.47 Å². The molecule has 0 aromatic carbocycles. The van der Waals surface area contributed by atoms with E-state index < -0.39 is 46.1 Å². The average molecular weight is 408 g/mol. The van der Waals surface area contributed by atoms with Crippen LogP contribution in [0.4, 0.5) is 26.3 Å². The van der Waals surface area contributed by atoms with E-state index in [0.29, 0.717) is 0 Å². The SMILES string of the molecule is CC(C)C(F)(F)OC(C)(C)C(C)(C)C(F)(F)C(F)(F)OC(C)(C)C(C)(C)C. The number of halogens is 6. The van der Waals surface area contributed by atoms with Gasteiger partial charge in [-0.15, -0.1) is 0 Å². The lowest BCUT2D eigenvalue weighted by Crippen LogP contribution is -2.64. The van der Waals surface area contributed by atoms with Gasteiger partial charge >= 0.3 is 18.1 Å². The lowest BCUT2D eigenvalue weighted by atomic mass is 9.71. The van der Waals surface area contributed by atoms with E-state index in [1.54, 1.807) is 20.8 Å². The van der Waals surface area contributed by atoms with Crippen molar-refractivity contribution in [1.29, 1.82) is 0 Å². The fourth-order valence-electron chi connectivity index (χ4n) is 1.87. The maximum atomic E-state index is 15.0. The van der Waals surface area contributed by atoms with Gasteiger partial charge in [-0.25, -0.2) is 0 Å². The zero-order valence-corrected chi connectivity index (χ0v) is 18.2. The minimum absolute atomic E-state index is 0.769. The van der Waals surface area contributed by atoms with Gasteiger partial charge in [-0.1, -0.05) is 48.5 Å². The topological polar surface area (TPSA) is 18.5 Å². The summed E-state index contributed by atoms with van der Waals surface area (Å²) in [5.74, 6) is -6.13. The van der Waals surface area contributed by atoms with Crippen molar-refractivity contribution in [3.05, 3.63) is 0 Å². The molecule has 8 heteroatoms. The summed E-state index contributed by atoms with van der Waals surface area (Å²) in [6, 6.07) is 0. The third kappa shape index (κ3) is 4.92. The summed E-state index contributed by atoms with van der Waals surface area (Å²) in [4.78, 5) is 0. The predicted molar refractivity (Wildman–Crippen MR) is 93.2 cm³/mol. The molecule has 0 amide bonds. The van der Waals surface area contributed by atoms with Gasteiger partial charge in [0.15, 0.2) is 0 Å². The van der Waals surface area contributed by atoms with Gasteiger partial charge in [0.25, 0.3) is 0 Å². The molecule has 164 valence electrons. The molecule has 0 atom stereocenters. The molecule has 2 nitrogen and oxygen atoms in total. The van der Waals surface area contributed by atoms with Gasteiger partial charge in [0.1, 0.15) is 0 Å². The Balaban J connectivity index is 6.01. The average Bonchev–Trinajstić information content (AvgIpc) is 2.33. The van der Waals surface area contributed by atoms with Gasteiger partial charge in [0.2, 0.25) is 0 Å². The lowest BCUT2D eigenvalue weighted by molar-refractivity contribution is -0.433. The molecule has 0 fully saturated rings. The number of hydrogen-bond acceptors (Lipinski definition) is 2. The Morgan fingerprint density at radius 3 is 1.26 bits per heavy atom. The highest BCUT2D eigenvalue weighted by atomic mass is 19.3. The van der Waals surface area contributed by atoms with Gasteiger partial charge < -0.3 is 9.47 Å². The summed E-state index contributed by atoms with van der Waals surface area (Å²) in [6.45, 7) is 13.0. The van der Waals surface area contributed by atoms with Crippen molar-refractivity contribution in [2.24, 2.45) is 16.7 Å². The summed E-state index contributed by atoms with van der Waals surface area (Å²) in [5, 5.41) is 0. The monoisotopic (exact) mass is 408 g/mol. The van der Waals surface area contributed by atoms with E-state index in [1.165, 1.54) is 13.8 Å². The quantitative estimate of drug-likeness (QED) is 0.398. The minimum atomic E-state index is -4.92. The van der Waals surface area contributed by atoms with Gasteiger partial charge in [0.05, 0.1) is 16.6 Å². The van der Waals surface area contributed by atoms with Crippen molar-refractivity contribution in [3.63, 3.8) is 0 Å². The maximum Gasteiger partial charge on any atom is 0.420 e. The van der Waals surface area contributed by atoms with Gasteiger partial charge in [-0.3, -0.25) is 0 Å². The molecule has 0 N–H and O–H groups in total. The van der Waals surface area contributed by atoms with Crippen LogP contribution >= 0.6 is 0 Å². The molecule has 0 rings (SSSR count). The fourth-order valence-corrected chi connectivity index (χ4v) is 1.87. The highest BCUT2D eigenvalue weighted by Crippen LogP contribution is 2.56. The summed E-state index contributed by atoms with van der Waals surface area (Å²) >= 11 is 0. The van der Waals surface area contributed by atoms with E-state index in [0.717, 1.165) is 41.5 Å². The third-order valence-electron chi connectivity index (χ3n) is 5.91. The maximum absolute atomic E-state index is 15.0. The Morgan fingerprint density at radius 2 is 0.963 bits per heavy atom. The number of hydrogen-bond donors (Lipinski definition) is 0. The van der Waals surface area contributed by atoms with Crippen LogP contribution in [0, 0.1) is 16.7 Å². The second-order valence-electron chi connectivity index (χ2n) is 9.91. The van der Waals surface area contributed by atoms with Crippen LogP contribution in [0.1, 0.15) is 76.2 Å². The molecule has 0 aromatic rings. The summed E-state index contributed by atoms with van der Waals surface area (Å²) < 4.78 is 96.4. The number of alkyl halides is 6. The van der Waals surface area contributed by atoms with Gasteiger partial charge in [-0.2, -0.15) is 26.3 Å². The summed E-state index contributed by atoms with van der Waals surface area (Å²) in [6.07, 6.45) is -8.68. The van der Waals surface area contributed by atoms with Crippen molar-refractivity contribution in [2.45, 2.75) is 106 Å². The highest BCUT2D eigenvalue weighted by Gasteiger charge is 2.72. The molecular formula is C19H34F6O2. The minimum Gasteiger partial charge on any atom is -0.313 e. The van der Waals surface area contributed by atoms with Crippen LogP contribution in [-0.4, -0.2) is 29.3 Å². The highest BCUT2D eigenvalue weighted by molar-refractivity contribution is 5.03. The van der Waals surface area contributed by atoms with Crippen LogP contribution in [0.3, 0.4) is 0 Å². The number of rotatable bonds is 8. The molecule has 27 heavy (non-hydrogen) atoms. The molecule has 0 aliphatic rings. The van der Waals surface area contributed by atoms with Crippen molar-refractivity contribution in [1.82, 2.24) is 0 Å². The number of ether oxygens (including phenoxy) is 2. The van der Waals surface area contributed by atoms with Crippen LogP contribution in [0.15, 0.2) is 0 Å². The van der Waals surface area contributed by atoms with Crippen LogP contribution in [0.5, 0.6) is 0 Å². The van der Waals surface area contributed by atoms with E-state index in [4.69, 9.17) is 0 Å². The van der Waals surface area contributed by atoms with Crippen molar-refractivity contribution >= 4 is 0 Å². The Labute approximate surface area is 159 Å². The molecule has 0 aliphatic heterocycles. The van der Waals surface area contributed by atoms with E-state index in [-0.39, 0.29) is 0 Å². The Hall–Kier alpha value is -0.500. The first-order valence-corrected chi connectivity index (χ1v) is 8.89. The van der Waals surface area contributed by atoms with Crippen molar-refractivity contribution in [3.8, 4) is 0 Å². The summed E-state index contributed by atoms with van der Waals surface area (Å²) in [5.41, 5.74) is -7.51. The molecule has 0 heterocycles. The zero-order chi connectivity index (χ0) is 22.5. The molecular weight excluding hydrogens is 374 g/mol. The Kier molecular flexibility index (Phi) is 6.95. The van der Waals surface area contributed by atoms with E-state index in [9.17, 15) is 26.3 Å². The first-order chi connectivity index (χ1) is 11.4. The second kappa shape index (κ2) is 7.08. The zero-order valence-electron chi connectivity index (χ0n) is 18.2. The molecule has 0 aliphatic carbocycles. The largest absolute Gasteiger partial charge is 0.420 e. The molecule has 0 spiro atoms. The smallest absolute Gasteiger partial charge is 0.313 e. The lowest BCUT2D eigenvalue weighted by Gasteiger charge is -2.50. The van der Waals surface area contributed by atoms with E-state index in [1.807, 2.05) is 0 Å². The normalized spacial score (nSPS) is 16.2. The van der Waals surface area contributed by atoms with Gasteiger partial charge in [0, 0.05) is 5.92 Å². The molecule has 0 saturated heterocycles. The second-order valence-corrected chi connectivity index (χ2v) is 9.91. The van der Waals surface area contributed by atoms with Crippen LogP contribution in [0.25, 0.3) is 0 Å². The first kappa shape index (κ1) is 26.5. The first-order valence-electron chi connectivity index (χ1n) is 8.89. The molecule has 0 unspecified atom stereocenters. The molecule has 0 aromatic heterocycles. The molecule has 0 radical (unpaired) electrons. The van der Waals surface area contributed by atoms with Crippen molar-refractivity contribution in [2.75, 3.05) is 0 Å². The molecule has 0 saturated carbocycles. The van der Waals surface area contributed by atoms with Gasteiger partial charge in [-0.05, 0) is 33.1 Å².